The van der Waals surface area contributed by atoms with E-state index in [9.17, 15) is 22.8 Å². The summed E-state index contributed by atoms with van der Waals surface area (Å²) in [6.07, 6.45) is -4.39. The predicted molar refractivity (Wildman–Crippen MR) is 104 cm³/mol. The third-order valence-corrected chi connectivity index (χ3v) is 4.88. The van der Waals surface area contributed by atoms with Crippen LogP contribution in [0, 0.1) is 0 Å². The van der Waals surface area contributed by atoms with Crippen molar-refractivity contribution in [3.63, 3.8) is 0 Å². The fourth-order valence-corrected chi connectivity index (χ4v) is 3.27. The molecule has 0 saturated carbocycles. The van der Waals surface area contributed by atoms with Crippen LogP contribution in [0.5, 0.6) is 0 Å². The molecule has 0 radical (unpaired) electrons. The van der Waals surface area contributed by atoms with Crippen LogP contribution >= 0.6 is 0 Å². The fraction of sp³-hybridized carbons (Fsp3) is 0.333. The number of alkyl halides is 3. The molecule has 154 valence electrons. The minimum atomic E-state index is -4.39. The standard InChI is InChI=1S/C21H22F3N3O2/c1-15(25-19(28)16-6-3-2-4-7-16)20(29)27-12-10-26(11-13-27)18-9-5-8-17(14-18)21(22,23)24/h2-9,14-15H,10-13H2,1H3,(H,25,28). The number of nitrogens with zero attached hydrogens (tertiary/aromatic N) is 2. The van der Waals surface area contributed by atoms with Crippen LogP contribution in [0.25, 0.3) is 0 Å². The first-order valence-corrected chi connectivity index (χ1v) is 9.32. The topological polar surface area (TPSA) is 52.7 Å². The van der Waals surface area contributed by atoms with Crippen LogP contribution in [-0.2, 0) is 11.0 Å². The Morgan fingerprint density at radius 3 is 2.24 bits per heavy atom. The quantitative estimate of drug-likeness (QED) is 0.850. The van der Waals surface area contributed by atoms with Crippen LogP contribution in [0.4, 0.5) is 18.9 Å². The van der Waals surface area contributed by atoms with Crippen molar-refractivity contribution >= 4 is 17.5 Å². The summed E-state index contributed by atoms with van der Waals surface area (Å²) in [6.45, 7) is 3.22. The van der Waals surface area contributed by atoms with Crippen LogP contribution in [0.1, 0.15) is 22.8 Å². The first-order chi connectivity index (χ1) is 13.8. The molecule has 29 heavy (non-hydrogen) atoms. The summed E-state index contributed by atoms with van der Waals surface area (Å²) in [7, 11) is 0. The highest BCUT2D eigenvalue weighted by molar-refractivity contribution is 5.97. The molecule has 1 fully saturated rings. The van der Waals surface area contributed by atoms with E-state index >= 15 is 0 Å². The van der Waals surface area contributed by atoms with Crippen molar-refractivity contribution in [2.45, 2.75) is 19.1 Å². The minimum absolute atomic E-state index is 0.210. The lowest BCUT2D eigenvalue weighted by Crippen LogP contribution is -2.54. The van der Waals surface area contributed by atoms with Gasteiger partial charge in [-0.15, -0.1) is 0 Å². The Morgan fingerprint density at radius 1 is 0.966 bits per heavy atom. The van der Waals surface area contributed by atoms with Gasteiger partial charge in [-0.25, -0.2) is 0 Å². The Hall–Kier alpha value is -3.03. The molecule has 0 spiro atoms. The van der Waals surface area contributed by atoms with E-state index < -0.39 is 17.8 Å². The van der Waals surface area contributed by atoms with E-state index in [1.807, 2.05) is 4.90 Å². The second-order valence-electron chi connectivity index (χ2n) is 6.92. The lowest BCUT2D eigenvalue weighted by atomic mass is 10.1. The summed E-state index contributed by atoms with van der Waals surface area (Å²) in [5, 5.41) is 2.69. The molecule has 1 saturated heterocycles. The van der Waals surface area contributed by atoms with Crippen molar-refractivity contribution in [3.05, 3.63) is 65.7 Å². The van der Waals surface area contributed by atoms with Gasteiger partial charge in [-0.1, -0.05) is 24.3 Å². The molecule has 0 bridgehead atoms. The number of hydrogen-bond acceptors (Lipinski definition) is 3. The van der Waals surface area contributed by atoms with Gasteiger partial charge in [0.15, 0.2) is 0 Å². The lowest BCUT2D eigenvalue weighted by molar-refractivity contribution is -0.137. The monoisotopic (exact) mass is 405 g/mol. The van der Waals surface area contributed by atoms with Gasteiger partial charge < -0.3 is 15.1 Å². The Labute approximate surface area is 167 Å². The molecular formula is C21H22F3N3O2. The summed E-state index contributed by atoms with van der Waals surface area (Å²) >= 11 is 0. The number of halogens is 3. The number of benzene rings is 2. The molecule has 2 aromatic carbocycles. The molecule has 2 aromatic rings. The summed E-state index contributed by atoms with van der Waals surface area (Å²) in [4.78, 5) is 28.3. The van der Waals surface area contributed by atoms with Gasteiger partial charge in [0.1, 0.15) is 6.04 Å². The third-order valence-electron chi connectivity index (χ3n) is 4.88. The second-order valence-corrected chi connectivity index (χ2v) is 6.92. The Balaban J connectivity index is 1.56. The highest BCUT2D eigenvalue weighted by atomic mass is 19.4. The Bertz CT molecular complexity index is 863. The van der Waals surface area contributed by atoms with Gasteiger partial charge in [0, 0.05) is 37.4 Å². The molecule has 1 aliphatic rings. The van der Waals surface area contributed by atoms with Gasteiger partial charge >= 0.3 is 6.18 Å². The summed E-state index contributed by atoms with van der Waals surface area (Å²) in [5.41, 5.74) is 0.268. The fourth-order valence-electron chi connectivity index (χ4n) is 3.27. The van der Waals surface area contributed by atoms with Crippen molar-refractivity contribution in [2.75, 3.05) is 31.1 Å². The van der Waals surface area contributed by atoms with Gasteiger partial charge in [0.25, 0.3) is 5.91 Å². The Morgan fingerprint density at radius 2 is 1.62 bits per heavy atom. The maximum atomic E-state index is 12.9. The molecule has 5 nitrogen and oxygen atoms in total. The lowest BCUT2D eigenvalue weighted by Gasteiger charge is -2.37. The molecule has 1 heterocycles. The van der Waals surface area contributed by atoms with Crippen molar-refractivity contribution in [1.82, 2.24) is 10.2 Å². The number of piperazine rings is 1. The largest absolute Gasteiger partial charge is 0.416 e. The van der Waals surface area contributed by atoms with E-state index in [0.29, 0.717) is 37.4 Å². The predicted octanol–water partition coefficient (Wildman–Crippen LogP) is 3.17. The van der Waals surface area contributed by atoms with Crippen LogP contribution in [0.3, 0.4) is 0 Å². The second kappa shape index (κ2) is 8.55. The van der Waals surface area contributed by atoms with Crippen molar-refractivity contribution < 1.29 is 22.8 Å². The number of amides is 2. The zero-order valence-corrected chi connectivity index (χ0v) is 15.9. The van der Waals surface area contributed by atoms with Crippen LogP contribution in [0.15, 0.2) is 54.6 Å². The van der Waals surface area contributed by atoms with Gasteiger partial charge in [-0.05, 0) is 37.3 Å². The zero-order valence-electron chi connectivity index (χ0n) is 15.9. The number of carbonyl (C=O) groups excluding carboxylic acids is 2. The smallest absolute Gasteiger partial charge is 0.368 e. The molecule has 1 unspecified atom stereocenters. The summed E-state index contributed by atoms with van der Waals surface area (Å²) in [5.74, 6) is -0.535. The van der Waals surface area contributed by atoms with E-state index in [1.54, 1.807) is 48.2 Å². The van der Waals surface area contributed by atoms with E-state index in [2.05, 4.69) is 5.32 Å². The molecule has 1 aliphatic heterocycles. The minimum Gasteiger partial charge on any atom is -0.368 e. The Kier molecular flexibility index (Phi) is 6.10. The SMILES string of the molecule is CC(NC(=O)c1ccccc1)C(=O)N1CCN(c2cccc(C(F)(F)F)c2)CC1. The number of nitrogens with one attached hydrogen (secondary N) is 1. The summed E-state index contributed by atoms with van der Waals surface area (Å²) in [6, 6.07) is 13.1. The normalized spacial score (nSPS) is 15.7. The number of rotatable bonds is 4. The number of carbonyl (C=O) groups is 2. The highest BCUT2D eigenvalue weighted by Gasteiger charge is 2.31. The molecule has 3 rings (SSSR count). The zero-order chi connectivity index (χ0) is 21.0. The van der Waals surface area contributed by atoms with Crippen LogP contribution < -0.4 is 10.2 Å². The van der Waals surface area contributed by atoms with Gasteiger partial charge in [0.05, 0.1) is 5.56 Å². The van der Waals surface area contributed by atoms with Crippen LogP contribution in [-0.4, -0.2) is 48.9 Å². The van der Waals surface area contributed by atoms with Crippen molar-refractivity contribution in [3.8, 4) is 0 Å². The van der Waals surface area contributed by atoms with E-state index in [-0.39, 0.29) is 11.8 Å². The molecular weight excluding hydrogens is 383 g/mol. The van der Waals surface area contributed by atoms with E-state index in [1.165, 1.54) is 6.07 Å². The molecule has 1 N–H and O–H groups in total. The third kappa shape index (κ3) is 5.07. The summed E-state index contributed by atoms with van der Waals surface area (Å²) < 4.78 is 38.7. The maximum Gasteiger partial charge on any atom is 0.416 e. The van der Waals surface area contributed by atoms with Crippen molar-refractivity contribution in [1.29, 1.82) is 0 Å². The molecule has 2 amide bonds. The first-order valence-electron chi connectivity index (χ1n) is 9.32. The molecule has 8 heteroatoms. The maximum absolute atomic E-state index is 12.9. The highest BCUT2D eigenvalue weighted by Crippen LogP contribution is 2.31. The van der Waals surface area contributed by atoms with Crippen LogP contribution in [0.2, 0.25) is 0 Å². The first kappa shape index (κ1) is 20.7. The van der Waals surface area contributed by atoms with Gasteiger partial charge in [-0.3, -0.25) is 9.59 Å². The van der Waals surface area contributed by atoms with E-state index in [4.69, 9.17) is 0 Å². The average Bonchev–Trinajstić information content (AvgIpc) is 2.73. The molecule has 1 atom stereocenters. The average molecular weight is 405 g/mol. The molecule has 0 aliphatic carbocycles. The molecule has 0 aromatic heterocycles. The van der Waals surface area contributed by atoms with Crippen molar-refractivity contribution in [2.24, 2.45) is 0 Å². The number of hydrogen-bond donors (Lipinski definition) is 1. The number of anilines is 1. The van der Waals surface area contributed by atoms with E-state index in [0.717, 1.165) is 12.1 Å². The van der Waals surface area contributed by atoms with Gasteiger partial charge in [-0.2, -0.15) is 13.2 Å². The van der Waals surface area contributed by atoms with Gasteiger partial charge in [0.2, 0.25) is 5.91 Å².